The molecule has 3 rings (SSSR count). The predicted octanol–water partition coefficient (Wildman–Crippen LogP) is 2.93. The highest BCUT2D eigenvalue weighted by molar-refractivity contribution is 9.10. The molecule has 0 radical (unpaired) electrons. The van der Waals surface area contributed by atoms with Crippen LogP contribution in [0, 0.1) is 0 Å². The third kappa shape index (κ3) is 2.23. The van der Waals surface area contributed by atoms with Crippen LogP contribution in [0.15, 0.2) is 47.2 Å². The van der Waals surface area contributed by atoms with Gasteiger partial charge in [-0.25, -0.2) is 9.78 Å². The minimum Gasteiger partial charge on any atom is -0.477 e. The SMILES string of the molecule is O=C(O)c1cnn2c(Nc3cccc(Br)c3)ccnc12. The standard InChI is InChI=1S/C13H9BrN4O2/c14-8-2-1-3-9(6-8)17-11-4-5-15-12-10(13(19)20)7-16-18(11)12/h1-7,17H,(H,19,20). The molecule has 0 saturated heterocycles. The van der Waals surface area contributed by atoms with Gasteiger partial charge in [-0.05, 0) is 24.3 Å². The fourth-order valence-electron chi connectivity index (χ4n) is 1.85. The van der Waals surface area contributed by atoms with Gasteiger partial charge in [-0.3, -0.25) is 0 Å². The van der Waals surface area contributed by atoms with Gasteiger partial charge in [-0.2, -0.15) is 9.61 Å². The number of carboxylic acids is 1. The molecule has 2 heterocycles. The van der Waals surface area contributed by atoms with E-state index in [9.17, 15) is 4.79 Å². The van der Waals surface area contributed by atoms with Crippen LogP contribution < -0.4 is 5.32 Å². The summed E-state index contributed by atoms with van der Waals surface area (Å²) in [4.78, 5) is 15.1. The second-order valence-electron chi connectivity index (χ2n) is 4.06. The number of rotatable bonds is 3. The molecule has 0 saturated carbocycles. The number of fused-ring (bicyclic) bond motifs is 1. The number of halogens is 1. The van der Waals surface area contributed by atoms with Gasteiger partial charge in [0.1, 0.15) is 11.4 Å². The van der Waals surface area contributed by atoms with Crippen molar-refractivity contribution in [3.63, 3.8) is 0 Å². The highest BCUT2D eigenvalue weighted by atomic mass is 79.9. The zero-order valence-electron chi connectivity index (χ0n) is 10.1. The number of aromatic nitrogens is 3. The second kappa shape index (κ2) is 4.93. The van der Waals surface area contributed by atoms with Crippen molar-refractivity contribution in [3.05, 3.63) is 52.8 Å². The molecule has 0 fully saturated rings. The summed E-state index contributed by atoms with van der Waals surface area (Å²) in [5.41, 5.74) is 1.24. The Labute approximate surface area is 122 Å². The Morgan fingerprint density at radius 3 is 2.95 bits per heavy atom. The monoisotopic (exact) mass is 332 g/mol. The first-order valence-corrected chi connectivity index (χ1v) is 6.53. The van der Waals surface area contributed by atoms with Gasteiger partial charge in [-0.15, -0.1) is 0 Å². The van der Waals surface area contributed by atoms with E-state index in [4.69, 9.17) is 5.11 Å². The molecule has 0 bridgehead atoms. The van der Waals surface area contributed by atoms with E-state index in [0.717, 1.165) is 10.2 Å². The molecular formula is C13H9BrN4O2. The zero-order chi connectivity index (χ0) is 14.1. The molecule has 0 aliphatic rings. The van der Waals surface area contributed by atoms with E-state index in [1.54, 1.807) is 12.3 Å². The zero-order valence-corrected chi connectivity index (χ0v) is 11.7. The smallest absolute Gasteiger partial charge is 0.341 e. The van der Waals surface area contributed by atoms with Gasteiger partial charge in [-0.1, -0.05) is 22.0 Å². The summed E-state index contributed by atoms with van der Waals surface area (Å²) in [7, 11) is 0. The number of carboxylic acid groups (broad SMARTS) is 1. The summed E-state index contributed by atoms with van der Waals surface area (Å²) in [6, 6.07) is 9.36. The lowest BCUT2D eigenvalue weighted by atomic mass is 10.3. The van der Waals surface area contributed by atoms with Crippen molar-refractivity contribution >= 4 is 39.1 Å². The van der Waals surface area contributed by atoms with E-state index in [-0.39, 0.29) is 5.56 Å². The van der Waals surface area contributed by atoms with Gasteiger partial charge in [0.25, 0.3) is 0 Å². The number of nitrogens with one attached hydrogen (secondary N) is 1. The summed E-state index contributed by atoms with van der Waals surface area (Å²) in [6.07, 6.45) is 2.83. The van der Waals surface area contributed by atoms with Gasteiger partial charge >= 0.3 is 5.97 Å². The Kier molecular flexibility index (Phi) is 3.11. The number of nitrogens with zero attached hydrogens (tertiary/aromatic N) is 3. The molecule has 3 aromatic rings. The first-order valence-electron chi connectivity index (χ1n) is 5.74. The summed E-state index contributed by atoms with van der Waals surface area (Å²) < 4.78 is 2.41. The van der Waals surface area contributed by atoms with E-state index >= 15 is 0 Å². The topological polar surface area (TPSA) is 79.5 Å². The second-order valence-corrected chi connectivity index (χ2v) is 4.98. The molecule has 0 aliphatic carbocycles. The fourth-order valence-corrected chi connectivity index (χ4v) is 2.25. The molecule has 20 heavy (non-hydrogen) atoms. The van der Waals surface area contributed by atoms with Crippen LogP contribution in [-0.4, -0.2) is 25.7 Å². The van der Waals surface area contributed by atoms with Crippen molar-refractivity contribution < 1.29 is 9.90 Å². The maximum atomic E-state index is 11.1. The van der Waals surface area contributed by atoms with Crippen molar-refractivity contribution in [1.29, 1.82) is 0 Å². The molecule has 0 unspecified atom stereocenters. The first-order chi connectivity index (χ1) is 9.65. The minimum atomic E-state index is -1.05. The van der Waals surface area contributed by atoms with Crippen LogP contribution >= 0.6 is 15.9 Å². The van der Waals surface area contributed by atoms with Crippen molar-refractivity contribution in [2.75, 3.05) is 5.32 Å². The number of aromatic carboxylic acids is 1. The molecule has 6 nitrogen and oxygen atoms in total. The number of anilines is 2. The van der Waals surface area contributed by atoms with Crippen LogP contribution in [0.3, 0.4) is 0 Å². The van der Waals surface area contributed by atoms with E-state index in [1.165, 1.54) is 10.7 Å². The molecule has 100 valence electrons. The molecule has 2 N–H and O–H groups in total. The third-order valence-electron chi connectivity index (χ3n) is 2.73. The predicted molar refractivity (Wildman–Crippen MR) is 77.4 cm³/mol. The van der Waals surface area contributed by atoms with Crippen LogP contribution in [0.25, 0.3) is 5.65 Å². The summed E-state index contributed by atoms with van der Waals surface area (Å²) >= 11 is 3.40. The van der Waals surface area contributed by atoms with Crippen LogP contribution in [0.2, 0.25) is 0 Å². The molecule has 7 heteroatoms. The summed E-state index contributed by atoms with van der Waals surface area (Å²) in [6.45, 7) is 0. The minimum absolute atomic E-state index is 0.0721. The summed E-state index contributed by atoms with van der Waals surface area (Å²) in [5, 5.41) is 16.3. The van der Waals surface area contributed by atoms with Crippen LogP contribution in [0.5, 0.6) is 0 Å². The maximum Gasteiger partial charge on any atom is 0.341 e. The lowest BCUT2D eigenvalue weighted by Crippen LogP contribution is -2.02. The van der Waals surface area contributed by atoms with E-state index in [0.29, 0.717) is 11.5 Å². The van der Waals surface area contributed by atoms with E-state index in [1.807, 2.05) is 24.3 Å². The fraction of sp³-hybridized carbons (Fsp3) is 0. The van der Waals surface area contributed by atoms with E-state index < -0.39 is 5.97 Å². The third-order valence-corrected chi connectivity index (χ3v) is 3.22. The van der Waals surface area contributed by atoms with Crippen LogP contribution in [0.1, 0.15) is 10.4 Å². The van der Waals surface area contributed by atoms with Crippen molar-refractivity contribution in [2.45, 2.75) is 0 Å². The Morgan fingerprint density at radius 1 is 1.35 bits per heavy atom. The van der Waals surface area contributed by atoms with Crippen LogP contribution in [-0.2, 0) is 0 Å². The highest BCUT2D eigenvalue weighted by Crippen LogP contribution is 2.21. The molecule has 0 aliphatic heterocycles. The van der Waals surface area contributed by atoms with Crippen molar-refractivity contribution in [2.24, 2.45) is 0 Å². The average Bonchev–Trinajstić information content (AvgIpc) is 2.84. The van der Waals surface area contributed by atoms with Crippen molar-refractivity contribution in [3.8, 4) is 0 Å². The Hall–Kier alpha value is -2.41. The van der Waals surface area contributed by atoms with Crippen LogP contribution in [0.4, 0.5) is 11.5 Å². The quantitative estimate of drug-likeness (QED) is 0.770. The van der Waals surface area contributed by atoms with Gasteiger partial charge in [0, 0.05) is 16.4 Å². The Morgan fingerprint density at radius 2 is 2.20 bits per heavy atom. The summed E-state index contributed by atoms with van der Waals surface area (Å²) in [5.74, 6) is -0.410. The number of carbonyl (C=O) groups is 1. The Balaban J connectivity index is 2.06. The molecule has 1 aromatic carbocycles. The molecule has 0 amide bonds. The first kappa shape index (κ1) is 12.6. The van der Waals surface area contributed by atoms with Gasteiger partial charge in [0.2, 0.25) is 0 Å². The number of hydrogen-bond donors (Lipinski definition) is 2. The number of hydrogen-bond acceptors (Lipinski definition) is 4. The number of benzene rings is 1. The normalized spacial score (nSPS) is 10.7. The maximum absolute atomic E-state index is 11.1. The highest BCUT2D eigenvalue weighted by Gasteiger charge is 2.14. The van der Waals surface area contributed by atoms with Crippen molar-refractivity contribution in [1.82, 2.24) is 14.6 Å². The van der Waals surface area contributed by atoms with Gasteiger partial charge < -0.3 is 10.4 Å². The van der Waals surface area contributed by atoms with Gasteiger partial charge in [0.05, 0.1) is 6.20 Å². The molecule has 2 aromatic heterocycles. The lowest BCUT2D eigenvalue weighted by Gasteiger charge is -2.08. The van der Waals surface area contributed by atoms with Gasteiger partial charge in [0.15, 0.2) is 5.65 Å². The average molecular weight is 333 g/mol. The Bertz CT molecular complexity index is 800. The largest absolute Gasteiger partial charge is 0.477 e. The lowest BCUT2D eigenvalue weighted by molar-refractivity contribution is 0.0699. The van der Waals surface area contributed by atoms with E-state index in [2.05, 4.69) is 31.3 Å². The molecular weight excluding hydrogens is 324 g/mol. The molecule has 0 atom stereocenters. The molecule has 0 spiro atoms.